The van der Waals surface area contributed by atoms with E-state index in [4.69, 9.17) is 19.7 Å². The van der Waals surface area contributed by atoms with E-state index in [2.05, 4.69) is 0 Å². The van der Waals surface area contributed by atoms with Crippen LogP contribution in [0.2, 0.25) is 0 Å². The van der Waals surface area contributed by atoms with E-state index >= 15 is 0 Å². The molecule has 154 valence electrons. The van der Waals surface area contributed by atoms with Crippen molar-refractivity contribution in [2.75, 3.05) is 13.2 Å². The standard InChI is InChI=1S/C18H28O9/c19-9-13-15(23)16(24)17(25)18(27-13)26-7-3-1-2-4-11-10(8-14(21)22)5-6-12(11)20/h2,4,10-11,13,15-19,23-25H,1,3,5-9H2,(H,21,22). The Morgan fingerprint density at radius 1 is 1.22 bits per heavy atom. The van der Waals surface area contributed by atoms with Crippen LogP contribution in [0, 0.1) is 11.8 Å². The number of carboxylic acid groups (broad SMARTS) is 1. The highest BCUT2D eigenvalue weighted by Crippen LogP contribution is 2.32. The first-order chi connectivity index (χ1) is 12.8. The summed E-state index contributed by atoms with van der Waals surface area (Å²) in [6.45, 7) is -0.315. The molecule has 1 saturated heterocycles. The molecule has 1 heterocycles. The zero-order chi connectivity index (χ0) is 20.0. The van der Waals surface area contributed by atoms with Gasteiger partial charge in [-0.05, 0) is 25.2 Å². The number of hydrogen-bond acceptors (Lipinski definition) is 8. The summed E-state index contributed by atoms with van der Waals surface area (Å²) in [6, 6.07) is 0. The quantitative estimate of drug-likeness (QED) is 0.252. The SMILES string of the molecule is O=C(O)CC1CCC(=O)C1C=CCCCOC1OC(CO)C(O)C(O)C1O. The smallest absolute Gasteiger partial charge is 0.303 e. The second kappa shape index (κ2) is 10.3. The van der Waals surface area contributed by atoms with E-state index in [-0.39, 0.29) is 30.6 Å². The molecule has 0 aromatic carbocycles. The van der Waals surface area contributed by atoms with Crippen molar-refractivity contribution in [3.8, 4) is 0 Å². The second-order valence-corrected chi connectivity index (χ2v) is 7.03. The van der Waals surface area contributed by atoms with Gasteiger partial charge in [0.1, 0.15) is 30.2 Å². The zero-order valence-corrected chi connectivity index (χ0v) is 15.0. The number of aliphatic hydroxyl groups excluding tert-OH is 4. The van der Waals surface area contributed by atoms with E-state index in [1.807, 2.05) is 6.08 Å². The normalized spacial score (nSPS) is 37.2. The van der Waals surface area contributed by atoms with Crippen molar-refractivity contribution >= 4 is 11.8 Å². The molecule has 2 aliphatic rings. The molecule has 5 N–H and O–H groups in total. The molecule has 9 nitrogen and oxygen atoms in total. The number of carbonyl (C=O) groups excluding carboxylic acids is 1. The molecule has 2 fully saturated rings. The number of carbonyl (C=O) groups is 2. The fourth-order valence-corrected chi connectivity index (χ4v) is 3.50. The van der Waals surface area contributed by atoms with Gasteiger partial charge >= 0.3 is 5.97 Å². The summed E-state index contributed by atoms with van der Waals surface area (Å²) in [6.07, 6.45) is -0.766. The van der Waals surface area contributed by atoms with Gasteiger partial charge in [-0.3, -0.25) is 9.59 Å². The van der Waals surface area contributed by atoms with E-state index in [1.54, 1.807) is 6.08 Å². The topological polar surface area (TPSA) is 154 Å². The minimum atomic E-state index is -1.47. The van der Waals surface area contributed by atoms with Gasteiger partial charge in [-0.15, -0.1) is 0 Å². The van der Waals surface area contributed by atoms with Crippen molar-refractivity contribution in [3.63, 3.8) is 0 Å². The van der Waals surface area contributed by atoms with Crippen LogP contribution in [-0.2, 0) is 19.1 Å². The Morgan fingerprint density at radius 3 is 2.63 bits per heavy atom. The maximum atomic E-state index is 11.9. The van der Waals surface area contributed by atoms with Crippen molar-refractivity contribution in [1.29, 1.82) is 0 Å². The van der Waals surface area contributed by atoms with Crippen molar-refractivity contribution in [2.24, 2.45) is 11.8 Å². The number of aliphatic hydroxyl groups is 4. The predicted octanol–water partition coefficient (Wildman–Crippen LogP) is -0.791. The number of allylic oxidation sites excluding steroid dienone is 2. The molecular weight excluding hydrogens is 360 g/mol. The predicted molar refractivity (Wildman–Crippen MR) is 91.6 cm³/mol. The first-order valence-corrected chi connectivity index (χ1v) is 9.18. The van der Waals surface area contributed by atoms with Gasteiger partial charge in [0.2, 0.25) is 0 Å². The summed E-state index contributed by atoms with van der Waals surface area (Å²) in [5.41, 5.74) is 0. The van der Waals surface area contributed by atoms with Gasteiger partial charge in [0.15, 0.2) is 6.29 Å². The van der Waals surface area contributed by atoms with Crippen LogP contribution in [-0.4, -0.2) is 81.2 Å². The van der Waals surface area contributed by atoms with Gasteiger partial charge in [0.25, 0.3) is 0 Å². The van der Waals surface area contributed by atoms with E-state index in [0.717, 1.165) is 0 Å². The number of ketones is 1. The first kappa shape index (κ1) is 21.9. The average Bonchev–Trinajstić information content (AvgIpc) is 2.96. The van der Waals surface area contributed by atoms with Gasteiger partial charge in [-0.2, -0.15) is 0 Å². The van der Waals surface area contributed by atoms with E-state index in [9.17, 15) is 24.9 Å². The molecule has 0 amide bonds. The highest BCUT2D eigenvalue weighted by molar-refractivity contribution is 5.85. The van der Waals surface area contributed by atoms with Crippen molar-refractivity contribution < 1.29 is 44.6 Å². The van der Waals surface area contributed by atoms with Crippen LogP contribution in [0.25, 0.3) is 0 Å². The minimum Gasteiger partial charge on any atom is -0.481 e. The van der Waals surface area contributed by atoms with Gasteiger partial charge in [0, 0.05) is 18.8 Å². The van der Waals surface area contributed by atoms with Crippen molar-refractivity contribution in [2.45, 2.75) is 62.8 Å². The Bertz CT molecular complexity index is 533. The number of hydrogen-bond donors (Lipinski definition) is 5. The lowest BCUT2D eigenvalue weighted by Crippen LogP contribution is -2.59. The lowest BCUT2D eigenvalue weighted by atomic mass is 9.92. The first-order valence-electron chi connectivity index (χ1n) is 9.18. The van der Waals surface area contributed by atoms with Gasteiger partial charge in [-0.25, -0.2) is 0 Å². The summed E-state index contributed by atoms with van der Waals surface area (Å²) < 4.78 is 10.6. The average molecular weight is 388 g/mol. The van der Waals surface area contributed by atoms with Crippen molar-refractivity contribution in [3.05, 3.63) is 12.2 Å². The molecule has 7 unspecified atom stereocenters. The fourth-order valence-electron chi connectivity index (χ4n) is 3.50. The molecule has 1 aliphatic carbocycles. The van der Waals surface area contributed by atoms with E-state index in [0.29, 0.717) is 25.7 Å². The Morgan fingerprint density at radius 2 is 1.96 bits per heavy atom. The van der Waals surface area contributed by atoms with E-state index < -0.39 is 43.3 Å². The highest BCUT2D eigenvalue weighted by atomic mass is 16.7. The Balaban J connectivity index is 1.72. The summed E-state index contributed by atoms with van der Waals surface area (Å²) in [5.74, 6) is -1.35. The number of rotatable bonds is 9. The van der Waals surface area contributed by atoms with Crippen LogP contribution in [0.1, 0.15) is 32.1 Å². The van der Waals surface area contributed by atoms with E-state index in [1.165, 1.54) is 0 Å². The maximum Gasteiger partial charge on any atom is 0.303 e. The molecule has 0 radical (unpaired) electrons. The van der Waals surface area contributed by atoms with Gasteiger partial charge in [0.05, 0.1) is 13.2 Å². The monoisotopic (exact) mass is 388 g/mol. The maximum absolute atomic E-state index is 11.9. The molecule has 0 spiro atoms. The lowest BCUT2D eigenvalue weighted by Gasteiger charge is -2.39. The third-order valence-electron chi connectivity index (χ3n) is 5.07. The van der Waals surface area contributed by atoms with Crippen LogP contribution in [0.15, 0.2) is 12.2 Å². The third-order valence-corrected chi connectivity index (χ3v) is 5.07. The summed E-state index contributed by atoms with van der Waals surface area (Å²) in [7, 11) is 0. The summed E-state index contributed by atoms with van der Waals surface area (Å²) in [4.78, 5) is 22.7. The van der Waals surface area contributed by atoms with Gasteiger partial charge < -0.3 is 35.0 Å². The van der Waals surface area contributed by atoms with Crippen LogP contribution in [0.4, 0.5) is 0 Å². The molecule has 9 heteroatoms. The number of carboxylic acids is 1. The lowest BCUT2D eigenvalue weighted by molar-refractivity contribution is -0.301. The fraction of sp³-hybridized carbons (Fsp3) is 0.778. The molecule has 1 saturated carbocycles. The Hall–Kier alpha value is -1.36. The Labute approximate surface area is 157 Å². The van der Waals surface area contributed by atoms with Crippen LogP contribution in [0.5, 0.6) is 0 Å². The molecule has 0 aromatic rings. The minimum absolute atomic E-state index is 0.0129. The van der Waals surface area contributed by atoms with Crippen molar-refractivity contribution in [1.82, 2.24) is 0 Å². The summed E-state index contributed by atoms with van der Waals surface area (Å²) >= 11 is 0. The Kier molecular flexibility index (Phi) is 8.33. The molecule has 2 rings (SSSR count). The molecular formula is C18H28O9. The van der Waals surface area contributed by atoms with Crippen LogP contribution < -0.4 is 0 Å². The molecule has 7 atom stereocenters. The van der Waals surface area contributed by atoms with Gasteiger partial charge in [-0.1, -0.05) is 12.2 Å². The number of Topliss-reactive ketones (excluding diaryl/α,β-unsaturated/α-hetero) is 1. The zero-order valence-electron chi connectivity index (χ0n) is 15.0. The molecule has 0 bridgehead atoms. The number of unbranched alkanes of at least 4 members (excludes halogenated alkanes) is 1. The number of ether oxygens (including phenoxy) is 2. The molecule has 1 aliphatic heterocycles. The van der Waals surface area contributed by atoms with Crippen LogP contribution in [0.3, 0.4) is 0 Å². The number of aliphatic carboxylic acids is 1. The summed E-state index contributed by atoms with van der Waals surface area (Å²) in [5, 5.41) is 47.3. The molecule has 0 aromatic heterocycles. The largest absolute Gasteiger partial charge is 0.481 e. The second-order valence-electron chi connectivity index (χ2n) is 7.03. The third kappa shape index (κ3) is 5.81. The highest BCUT2D eigenvalue weighted by Gasteiger charge is 2.43. The molecule has 27 heavy (non-hydrogen) atoms. The van der Waals surface area contributed by atoms with Crippen LogP contribution >= 0.6 is 0 Å².